The molecule has 0 saturated carbocycles. The normalized spacial score (nSPS) is 16.7. The Labute approximate surface area is 193 Å². The van der Waals surface area contributed by atoms with Crippen LogP contribution in [-0.2, 0) is 20.5 Å². The van der Waals surface area contributed by atoms with E-state index in [1.807, 2.05) is 27.7 Å². The minimum Gasteiger partial charge on any atom is -0.495 e. The smallest absolute Gasteiger partial charge is 0.495 e. The van der Waals surface area contributed by atoms with Crippen molar-refractivity contribution in [1.29, 1.82) is 0 Å². The molecular formula is C23H27BClNO6. The van der Waals surface area contributed by atoms with Crippen LogP contribution >= 0.6 is 11.6 Å². The molecule has 0 bridgehead atoms. The lowest BCUT2D eigenvalue weighted by atomic mass is 9.77. The van der Waals surface area contributed by atoms with E-state index in [1.54, 1.807) is 37.4 Å². The summed E-state index contributed by atoms with van der Waals surface area (Å²) in [6.45, 7) is 7.67. The first kappa shape index (κ1) is 24.1. The highest BCUT2D eigenvalue weighted by Crippen LogP contribution is 2.37. The van der Waals surface area contributed by atoms with E-state index in [0.29, 0.717) is 22.5 Å². The van der Waals surface area contributed by atoms with Crippen LogP contribution < -0.4 is 15.1 Å². The lowest BCUT2D eigenvalue weighted by molar-refractivity contribution is -0.136. The number of methoxy groups -OCH3 is 1. The lowest BCUT2D eigenvalue weighted by Gasteiger charge is -2.32. The summed E-state index contributed by atoms with van der Waals surface area (Å²) in [6.07, 6.45) is -0.357. The number of carbonyl (C=O) groups is 2. The van der Waals surface area contributed by atoms with Crippen molar-refractivity contribution in [2.75, 3.05) is 19.1 Å². The van der Waals surface area contributed by atoms with Gasteiger partial charge in [0.2, 0.25) is 0 Å². The molecular weight excluding hydrogens is 433 g/mol. The van der Waals surface area contributed by atoms with E-state index in [4.69, 9.17) is 25.6 Å². The predicted octanol–water partition coefficient (Wildman–Crippen LogP) is 3.55. The van der Waals surface area contributed by atoms with Gasteiger partial charge in [0.1, 0.15) is 5.75 Å². The highest BCUT2D eigenvalue weighted by molar-refractivity contribution is 6.65. The van der Waals surface area contributed by atoms with Gasteiger partial charge in [-0.05, 0) is 57.5 Å². The number of rotatable bonds is 6. The zero-order chi connectivity index (χ0) is 23.8. The van der Waals surface area contributed by atoms with Crippen LogP contribution in [0.4, 0.5) is 5.69 Å². The van der Waals surface area contributed by atoms with Crippen molar-refractivity contribution in [3.05, 3.63) is 52.5 Å². The van der Waals surface area contributed by atoms with E-state index in [2.05, 4.69) is 0 Å². The first-order valence-corrected chi connectivity index (χ1v) is 10.6. The summed E-state index contributed by atoms with van der Waals surface area (Å²) in [6, 6.07) is 10.1. The number of hydrogen-bond acceptors (Lipinski definition) is 5. The number of ether oxygens (including phenoxy) is 1. The minimum absolute atomic E-state index is 0.204. The van der Waals surface area contributed by atoms with Gasteiger partial charge in [-0.25, -0.2) is 0 Å². The average Bonchev–Trinajstić information content (AvgIpc) is 2.93. The third-order valence-corrected chi connectivity index (χ3v) is 6.38. The van der Waals surface area contributed by atoms with E-state index in [0.717, 1.165) is 0 Å². The molecule has 0 spiro atoms. The molecule has 1 aliphatic heterocycles. The maximum Gasteiger partial charge on any atom is 0.496 e. The molecule has 0 atom stereocenters. The molecule has 0 unspecified atom stereocenters. The molecule has 9 heteroatoms. The van der Waals surface area contributed by atoms with Crippen LogP contribution in [0, 0.1) is 0 Å². The summed E-state index contributed by atoms with van der Waals surface area (Å²) in [7, 11) is 2.33. The Balaban J connectivity index is 2.08. The molecule has 0 radical (unpaired) electrons. The molecule has 2 aromatic rings. The third-order valence-electron chi connectivity index (χ3n) is 6.05. The van der Waals surface area contributed by atoms with Gasteiger partial charge in [0, 0.05) is 23.1 Å². The van der Waals surface area contributed by atoms with Gasteiger partial charge >= 0.3 is 13.1 Å². The zero-order valence-electron chi connectivity index (χ0n) is 19.1. The van der Waals surface area contributed by atoms with Gasteiger partial charge in [0.05, 0.1) is 30.4 Å². The van der Waals surface area contributed by atoms with Crippen LogP contribution in [0.15, 0.2) is 36.4 Å². The maximum atomic E-state index is 13.5. The highest BCUT2D eigenvalue weighted by atomic mass is 35.5. The van der Waals surface area contributed by atoms with Gasteiger partial charge in [-0.1, -0.05) is 23.7 Å². The molecule has 7 nitrogen and oxygen atoms in total. The second-order valence-corrected chi connectivity index (χ2v) is 9.13. The number of halogens is 1. The number of hydrogen-bond donors (Lipinski definition) is 1. The Morgan fingerprint density at radius 3 is 2.28 bits per heavy atom. The zero-order valence-corrected chi connectivity index (χ0v) is 19.8. The van der Waals surface area contributed by atoms with E-state index in [-0.39, 0.29) is 17.0 Å². The molecule has 0 aliphatic carbocycles. The van der Waals surface area contributed by atoms with Crippen molar-refractivity contribution >= 4 is 41.7 Å². The molecule has 1 saturated heterocycles. The molecule has 170 valence electrons. The van der Waals surface area contributed by atoms with Gasteiger partial charge in [-0.15, -0.1) is 0 Å². The summed E-state index contributed by atoms with van der Waals surface area (Å²) in [5, 5.41) is 9.66. The Morgan fingerprint density at radius 2 is 1.72 bits per heavy atom. The number of amides is 1. The van der Waals surface area contributed by atoms with Crippen molar-refractivity contribution in [3.8, 4) is 5.75 Å². The first-order chi connectivity index (χ1) is 14.9. The van der Waals surface area contributed by atoms with Crippen molar-refractivity contribution in [2.45, 2.75) is 45.3 Å². The molecule has 3 rings (SSSR count). The van der Waals surface area contributed by atoms with Crippen LogP contribution in [0.5, 0.6) is 5.75 Å². The van der Waals surface area contributed by atoms with Crippen molar-refractivity contribution in [1.82, 2.24) is 0 Å². The molecule has 1 aliphatic rings. The summed E-state index contributed by atoms with van der Waals surface area (Å²) in [4.78, 5) is 26.4. The third kappa shape index (κ3) is 4.48. The lowest BCUT2D eigenvalue weighted by Crippen LogP contribution is -2.41. The van der Waals surface area contributed by atoms with Crippen LogP contribution in [-0.4, -0.2) is 49.5 Å². The summed E-state index contributed by atoms with van der Waals surface area (Å²) in [5.41, 5.74) is 0.326. The second-order valence-electron chi connectivity index (χ2n) is 8.73. The summed E-state index contributed by atoms with van der Waals surface area (Å²) < 4.78 is 17.6. The van der Waals surface area contributed by atoms with Gasteiger partial charge < -0.3 is 24.1 Å². The molecule has 1 amide bonds. The second kappa shape index (κ2) is 8.77. The number of aliphatic carboxylic acids is 1. The first-order valence-electron chi connectivity index (χ1n) is 10.2. The topological polar surface area (TPSA) is 85.3 Å². The van der Waals surface area contributed by atoms with E-state index in [1.165, 1.54) is 18.1 Å². The fraction of sp³-hybridized carbons (Fsp3) is 0.391. The van der Waals surface area contributed by atoms with E-state index >= 15 is 0 Å². The molecule has 1 N–H and O–H groups in total. The summed E-state index contributed by atoms with van der Waals surface area (Å²) >= 11 is 6.50. The van der Waals surface area contributed by atoms with Gasteiger partial charge in [0.15, 0.2) is 0 Å². The standard InChI is InChI=1S/C23H27BClNO6/c1-22(2)23(3,4)32-24(31-22)16-13-15(14(11-17(16)25)12-20(27)28)21(29)26(5)18-9-7-8-10-19(18)30-6/h7-11,13H,12H2,1-6H3,(H,27,28). The molecule has 32 heavy (non-hydrogen) atoms. The van der Waals surface area contributed by atoms with Crippen molar-refractivity contribution < 1.29 is 28.7 Å². The van der Waals surface area contributed by atoms with Crippen LogP contribution in [0.2, 0.25) is 5.02 Å². The Morgan fingerprint density at radius 1 is 1.12 bits per heavy atom. The SMILES string of the molecule is COc1ccccc1N(C)C(=O)c1cc(B2OC(C)(C)C(C)(C)O2)c(Cl)cc1CC(=O)O. The van der Waals surface area contributed by atoms with Gasteiger partial charge in [0.25, 0.3) is 5.91 Å². The van der Waals surface area contributed by atoms with Crippen molar-refractivity contribution in [2.24, 2.45) is 0 Å². The molecule has 1 fully saturated rings. The number of carboxylic acid groups (broad SMARTS) is 1. The summed E-state index contributed by atoms with van der Waals surface area (Å²) in [5.74, 6) is -0.957. The highest BCUT2D eigenvalue weighted by Gasteiger charge is 2.52. The number of para-hydroxylation sites is 2. The molecule has 2 aromatic carbocycles. The van der Waals surface area contributed by atoms with Crippen LogP contribution in [0.25, 0.3) is 0 Å². The van der Waals surface area contributed by atoms with E-state index in [9.17, 15) is 14.7 Å². The quantitative estimate of drug-likeness (QED) is 0.665. The van der Waals surface area contributed by atoms with Gasteiger partial charge in [-0.3, -0.25) is 9.59 Å². The fourth-order valence-electron chi connectivity index (χ4n) is 3.49. The minimum atomic E-state index is -1.07. The Bertz CT molecular complexity index is 1040. The van der Waals surface area contributed by atoms with E-state index < -0.39 is 30.2 Å². The number of benzene rings is 2. The number of carboxylic acids is 1. The maximum absolute atomic E-state index is 13.5. The average molecular weight is 460 g/mol. The van der Waals surface area contributed by atoms with Crippen LogP contribution in [0.1, 0.15) is 43.6 Å². The molecule has 0 aromatic heterocycles. The largest absolute Gasteiger partial charge is 0.496 e. The number of anilines is 1. The Hall–Kier alpha value is -2.55. The van der Waals surface area contributed by atoms with Crippen LogP contribution in [0.3, 0.4) is 0 Å². The van der Waals surface area contributed by atoms with Crippen molar-refractivity contribution in [3.63, 3.8) is 0 Å². The Kier molecular flexibility index (Phi) is 6.61. The number of carbonyl (C=O) groups excluding carboxylic acids is 1. The number of nitrogens with zero attached hydrogens (tertiary/aromatic N) is 1. The molecule has 1 heterocycles. The van der Waals surface area contributed by atoms with Gasteiger partial charge in [-0.2, -0.15) is 0 Å². The fourth-order valence-corrected chi connectivity index (χ4v) is 3.76. The monoisotopic (exact) mass is 459 g/mol. The predicted molar refractivity (Wildman–Crippen MR) is 124 cm³/mol.